The third kappa shape index (κ3) is 8.55. The molecule has 0 bridgehead atoms. The standard InChI is InChI=1S/C13H29N/c1-6-14-11-10-13(4,5)9-7-8-12(2)3/h12,14H,6-11H2,1-5H3. The zero-order chi connectivity index (χ0) is 11.0. The fourth-order valence-electron chi connectivity index (χ4n) is 1.72. The molecule has 0 atom stereocenters. The van der Waals surface area contributed by atoms with E-state index in [0.29, 0.717) is 5.41 Å². The molecule has 0 saturated carbocycles. The first-order chi connectivity index (χ1) is 6.48. The average molecular weight is 199 g/mol. The average Bonchev–Trinajstić information content (AvgIpc) is 2.03. The van der Waals surface area contributed by atoms with Crippen LogP contribution in [0.2, 0.25) is 0 Å². The van der Waals surface area contributed by atoms with Gasteiger partial charge in [0, 0.05) is 0 Å². The molecule has 0 rings (SSSR count). The van der Waals surface area contributed by atoms with E-state index in [0.717, 1.165) is 12.5 Å². The molecule has 0 unspecified atom stereocenters. The molecule has 0 fully saturated rings. The van der Waals surface area contributed by atoms with Crippen LogP contribution >= 0.6 is 0 Å². The molecule has 0 aromatic rings. The molecule has 0 aromatic carbocycles. The van der Waals surface area contributed by atoms with Crippen LogP contribution in [-0.2, 0) is 0 Å². The zero-order valence-corrected chi connectivity index (χ0v) is 10.8. The Balaban J connectivity index is 3.50. The van der Waals surface area contributed by atoms with Crippen LogP contribution in [0.3, 0.4) is 0 Å². The lowest BCUT2D eigenvalue weighted by Gasteiger charge is -2.25. The SMILES string of the molecule is CCNCCC(C)(C)CCCC(C)C. The smallest absolute Gasteiger partial charge is 0.00439 e. The van der Waals surface area contributed by atoms with E-state index in [9.17, 15) is 0 Å². The lowest BCUT2D eigenvalue weighted by atomic mass is 9.83. The number of hydrogen-bond acceptors (Lipinski definition) is 1. The summed E-state index contributed by atoms with van der Waals surface area (Å²) in [7, 11) is 0. The Morgan fingerprint density at radius 3 is 2.29 bits per heavy atom. The highest BCUT2D eigenvalue weighted by Crippen LogP contribution is 2.27. The summed E-state index contributed by atoms with van der Waals surface area (Å²) in [4.78, 5) is 0. The van der Waals surface area contributed by atoms with E-state index in [1.807, 2.05) is 0 Å². The largest absolute Gasteiger partial charge is 0.317 e. The van der Waals surface area contributed by atoms with Crippen LogP contribution in [0.1, 0.15) is 60.3 Å². The van der Waals surface area contributed by atoms with Gasteiger partial charge in [0.1, 0.15) is 0 Å². The predicted molar refractivity (Wildman–Crippen MR) is 65.6 cm³/mol. The maximum Gasteiger partial charge on any atom is -0.00439 e. The lowest BCUT2D eigenvalue weighted by Crippen LogP contribution is -2.22. The topological polar surface area (TPSA) is 12.0 Å². The fraction of sp³-hybridized carbons (Fsp3) is 1.00. The van der Waals surface area contributed by atoms with Gasteiger partial charge in [-0.3, -0.25) is 0 Å². The van der Waals surface area contributed by atoms with Gasteiger partial charge in [0.25, 0.3) is 0 Å². The third-order valence-electron chi connectivity index (χ3n) is 2.86. The Morgan fingerprint density at radius 2 is 1.79 bits per heavy atom. The molecule has 0 aliphatic carbocycles. The highest BCUT2D eigenvalue weighted by atomic mass is 14.8. The molecule has 0 radical (unpaired) electrons. The first kappa shape index (κ1) is 14.0. The van der Waals surface area contributed by atoms with Gasteiger partial charge in [-0.25, -0.2) is 0 Å². The Bertz CT molecular complexity index is 127. The normalized spacial score (nSPS) is 12.4. The second kappa shape index (κ2) is 7.28. The van der Waals surface area contributed by atoms with Gasteiger partial charge in [-0.05, 0) is 37.3 Å². The summed E-state index contributed by atoms with van der Waals surface area (Å²) in [6.07, 6.45) is 5.44. The molecule has 1 heteroatoms. The summed E-state index contributed by atoms with van der Waals surface area (Å²) in [6.45, 7) is 13.9. The van der Waals surface area contributed by atoms with Crippen LogP contribution in [0, 0.1) is 11.3 Å². The molecule has 0 aliphatic rings. The van der Waals surface area contributed by atoms with Crippen molar-refractivity contribution in [3.8, 4) is 0 Å². The minimum Gasteiger partial charge on any atom is -0.317 e. The van der Waals surface area contributed by atoms with E-state index in [1.54, 1.807) is 0 Å². The van der Waals surface area contributed by atoms with Crippen molar-refractivity contribution in [1.82, 2.24) is 5.32 Å². The summed E-state index contributed by atoms with van der Waals surface area (Å²) >= 11 is 0. The van der Waals surface area contributed by atoms with Crippen LogP contribution in [-0.4, -0.2) is 13.1 Å². The van der Waals surface area contributed by atoms with E-state index >= 15 is 0 Å². The van der Waals surface area contributed by atoms with E-state index in [2.05, 4.69) is 39.9 Å². The van der Waals surface area contributed by atoms with Crippen LogP contribution in [0.25, 0.3) is 0 Å². The fourth-order valence-corrected chi connectivity index (χ4v) is 1.72. The van der Waals surface area contributed by atoms with Gasteiger partial charge < -0.3 is 5.32 Å². The molecule has 0 saturated heterocycles. The lowest BCUT2D eigenvalue weighted by molar-refractivity contribution is 0.285. The van der Waals surface area contributed by atoms with E-state index < -0.39 is 0 Å². The maximum absolute atomic E-state index is 3.40. The number of rotatable bonds is 8. The summed E-state index contributed by atoms with van der Waals surface area (Å²) in [5.74, 6) is 0.861. The molecule has 86 valence electrons. The Hall–Kier alpha value is -0.0400. The monoisotopic (exact) mass is 199 g/mol. The molecule has 0 spiro atoms. The summed E-state index contributed by atoms with van der Waals surface area (Å²) < 4.78 is 0. The second-order valence-electron chi connectivity index (χ2n) is 5.55. The van der Waals surface area contributed by atoms with Gasteiger partial charge in [-0.2, -0.15) is 0 Å². The van der Waals surface area contributed by atoms with Crippen molar-refractivity contribution in [3.63, 3.8) is 0 Å². The Morgan fingerprint density at radius 1 is 1.14 bits per heavy atom. The minimum absolute atomic E-state index is 0.525. The van der Waals surface area contributed by atoms with Crippen LogP contribution in [0.5, 0.6) is 0 Å². The van der Waals surface area contributed by atoms with E-state index in [1.165, 1.54) is 32.2 Å². The van der Waals surface area contributed by atoms with Gasteiger partial charge in [0.05, 0.1) is 0 Å². The van der Waals surface area contributed by atoms with Crippen molar-refractivity contribution >= 4 is 0 Å². The maximum atomic E-state index is 3.40. The number of hydrogen-bond donors (Lipinski definition) is 1. The van der Waals surface area contributed by atoms with Crippen LogP contribution < -0.4 is 5.32 Å². The summed E-state index contributed by atoms with van der Waals surface area (Å²) in [5.41, 5.74) is 0.525. The Labute approximate surface area is 90.7 Å². The molecular weight excluding hydrogens is 170 g/mol. The molecular formula is C13H29N. The van der Waals surface area contributed by atoms with E-state index in [4.69, 9.17) is 0 Å². The third-order valence-corrected chi connectivity index (χ3v) is 2.86. The van der Waals surface area contributed by atoms with Gasteiger partial charge in [-0.1, -0.05) is 47.5 Å². The van der Waals surface area contributed by atoms with Crippen molar-refractivity contribution in [2.24, 2.45) is 11.3 Å². The van der Waals surface area contributed by atoms with Crippen molar-refractivity contribution < 1.29 is 0 Å². The molecule has 1 nitrogen and oxygen atoms in total. The quantitative estimate of drug-likeness (QED) is 0.586. The van der Waals surface area contributed by atoms with Crippen LogP contribution in [0.15, 0.2) is 0 Å². The highest BCUT2D eigenvalue weighted by Gasteiger charge is 2.16. The van der Waals surface area contributed by atoms with Gasteiger partial charge in [-0.15, -0.1) is 0 Å². The first-order valence-corrected chi connectivity index (χ1v) is 6.18. The minimum atomic E-state index is 0.525. The van der Waals surface area contributed by atoms with Crippen LogP contribution in [0.4, 0.5) is 0 Å². The molecule has 0 aliphatic heterocycles. The molecule has 1 N–H and O–H groups in total. The molecule has 0 heterocycles. The van der Waals surface area contributed by atoms with E-state index in [-0.39, 0.29) is 0 Å². The van der Waals surface area contributed by atoms with Crippen molar-refractivity contribution in [3.05, 3.63) is 0 Å². The molecule has 0 amide bonds. The Kier molecular flexibility index (Phi) is 7.26. The molecule has 14 heavy (non-hydrogen) atoms. The van der Waals surface area contributed by atoms with Gasteiger partial charge in [0.15, 0.2) is 0 Å². The van der Waals surface area contributed by atoms with Gasteiger partial charge >= 0.3 is 0 Å². The summed E-state index contributed by atoms with van der Waals surface area (Å²) in [5, 5.41) is 3.40. The summed E-state index contributed by atoms with van der Waals surface area (Å²) in [6, 6.07) is 0. The second-order valence-corrected chi connectivity index (χ2v) is 5.55. The van der Waals surface area contributed by atoms with Crippen molar-refractivity contribution in [2.45, 2.75) is 60.3 Å². The van der Waals surface area contributed by atoms with Crippen molar-refractivity contribution in [2.75, 3.05) is 13.1 Å². The predicted octanol–water partition coefficient (Wildman–Crippen LogP) is 3.84. The molecule has 0 aromatic heterocycles. The zero-order valence-electron chi connectivity index (χ0n) is 10.8. The van der Waals surface area contributed by atoms with Gasteiger partial charge in [0.2, 0.25) is 0 Å². The van der Waals surface area contributed by atoms with Crippen molar-refractivity contribution in [1.29, 1.82) is 0 Å². The number of nitrogens with one attached hydrogen (secondary N) is 1. The highest BCUT2D eigenvalue weighted by molar-refractivity contribution is 4.70. The first-order valence-electron chi connectivity index (χ1n) is 6.18.